The molecule has 3 nitrogen and oxygen atoms in total. The summed E-state index contributed by atoms with van der Waals surface area (Å²) in [6, 6.07) is 1.15. The van der Waals surface area contributed by atoms with Crippen LogP contribution in [0.25, 0.3) is 0 Å². The van der Waals surface area contributed by atoms with Gasteiger partial charge in [0.1, 0.15) is 0 Å². The predicted molar refractivity (Wildman–Crippen MR) is 41.0 cm³/mol. The molecular formula is C8H6F3NO2. The van der Waals surface area contributed by atoms with E-state index in [2.05, 4.69) is 9.72 Å². The molecule has 1 aromatic heterocycles. The average molecular weight is 205 g/mol. The minimum Gasteiger partial charge on any atom is -0.403 e. The highest BCUT2D eigenvalue weighted by atomic mass is 19.4. The number of nitrogens with zero attached hydrogens (tertiary/aromatic N) is 1. The van der Waals surface area contributed by atoms with Crippen LogP contribution in [0.1, 0.15) is 16.1 Å². The summed E-state index contributed by atoms with van der Waals surface area (Å²) in [6.07, 6.45) is -3.29. The lowest BCUT2D eigenvalue weighted by molar-refractivity contribution is -0.275. The normalized spacial score (nSPS) is 11.1. The largest absolute Gasteiger partial charge is 0.573 e. The number of aldehydes is 1. The van der Waals surface area contributed by atoms with Gasteiger partial charge >= 0.3 is 6.36 Å². The Morgan fingerprint density at radius 3 is 2.64 bits per heavy atom. The zero-order chi connectivity index (χ0) is 10.8. The number of hydrogen-bond donors (Lipinski definition) is 0. The molecule has 0 atom stereocenters. The van der Waals surface area contributed by atoms with Gasteiger partial charge in [-0.15, -0.1) is 13.2 Å². The Hall–Kier alpha value is -1.59. The van der Waals surface area contributed by atoms with Crippen molar-refractivity contribution >= 4 is 6.29 Å². The van der Waals surface area contributed by atoms with E-state index in [1.807, 2.05) is 0 Å². The molecule has 1 aromatic rings. The van der Waals surface area contributed by atoms with Crippen molar-refractivity contribution in [3.63, 3.8) is 0 Å². The van der Waals surface area contributed by atoms with E-state index in [0.29, 0.717) is 0 Å². The lowest BCUT2D eigenvalue weighted by Crippen LogP contribution is -2.19. The number of rotatable bonds is 2. The van der Waals surface area contributed by atoms with Crippen LogP contribution in [0.15, 0.2) is 12.3 Å². The van der Waals surface area contributed by atoms with Gasteiger partial charge in [-0.25, -0.2) is 0 Å². The van der Waals surface area contributed by atoms with Crippen LogP contribution in [0.5, 0.6) is 5.75 Å². The Kier molecular flexibility index (Phi) is 2.73. The number of alkyl halides is 3. The molecule has 0 aliphatic heterocycles. The number of pyridine rings is 1. The minimum absolute atomic E-state index is 0.0203. The first-order valence-electron chi connectivity index (χ1n) is 3.60. The van der Waals surface area contributed by atoms with Gasteiger partial charge in [-0.3, -0.25) is 9.78 Å². The Bertz CT molecular complexity index is 349. The quantitative estimate of drug-likeness (QED) is 0.694. The van der Waals surface area contributed by atoms with Gasteiger partial charge in [0.2, 0.25) is 0 Å². The van der Waals surface area contributed by atoms with Gasteiger partial charge in [0.25, 0.3) is 0 Å². The van der Waals surface area contributed by atoms with Crippen LogP contribution in [0.4, 0.5) is 13.2 Å². The van der Waals surface area contributed by atoms with Crippen molar-refractivity contribution in [1.82, 2.24) is 4.98 Å². The molecule has 6 heteroatoms. The van der Waals surface area contributed by atoms with Crippen molar-refractivity contribution in [3.8, 4) is 5.75 Å². The SMILES string of the molecule is Cc1nccc(C=O)c1OC(F)(F)F. The smallest absolute Gasteiger partial charge is 0.403 e. The molecule has 0 unspecified atom stereocenters. The molecule has 0 saturated heterocycles. The summed E-state index contributed by atoms with van der Waals surface area (Å²) in [5.41, 5.74) is -0.151. The third-order valence-electron chi connectivity index (χ3n) is 1.46. The molecule has 0 N–H and O–H groups in total. The summed E-state index contributed by atoms with van der Waals surface area (Å²) in [7, 11) is 0. The number of carbonyl (C=O) groups excluding carboxylic acids is 1. The van der Waals surface area contributed by atoms with E-state index in [4.69, 9.17) is 0 Å². The van der Waals surface area contributed by atoms with Gasteiger partial charge in [-0.1, -0.05) is 0 Å². The number of hydrogen-bond acceptors (Lipinski definition) is 3. The zero-order valence-corrected chi connectivity index (χ0v) is 7.13. The second-order valence-electron chi connectivity index (χ2n) is 2.48. The lowest BCUT2D eigenvalue weighted by Gasteiger charge is -2.11. The van der Waals surface area contributed by atoms with Gasteiger partial charge in [0.15, 0.2) is 12.0 Å². The van der Waals surface area contributed by atoms with Crippen molar-refractivity contribution in [2.24, 2.45) is 0 Å². The minimum atomic E-state index is -4.81. The maximum absolute atomic E-state index is 11.9. The van der Waals surface area contributed by atoms with E-state index in [9.17, 15) is 18.0 Å². The maximum atomic E-state index is 11.9. The van der Waals surface area contributed by atoms with Crippen LogP contribution in [-0.4, -0.2) is 17.6 Å². The average Bonchev–Trinajstić information content (AvgIpc) is 2.06. The van der Waals surface area contributed by atoms with Crippen molar-refractivity contribution in [1.29, 1.82) is 0 Å². The number of ether oxygens (including phenoxy) is 1. The van der Waals surface area contributed by atoms with Gasteiger partial charge in [-0.05, 0) is 13.0 Å². The second-order valence-corrected chi connectivity index (χ2v) is 2.48. The number of aromatic nitrogens is 1. The zero-order valence-electron chi connectivity index (χ0n) is 7.13. The highest BCUT2D eigenvalue weighted by molar-refractivity contribution is 5.79. The van der Waals surface area contributed by atoms with E-state index in [-0.39, 0.29) is 17.5 Å². The van der Waals surface area contributed by atoms with Crippen LogP contribution in [0, 0.1) is 6.92 Å². The molecule has 0 fully saturated rings. The first kappa shape index (κ1) is 10.5. The lowest BCUT2D eigenvalue weighted by atomic mass is 10.2. The maximum Gasteiger partial charge on any atom is 0.573 e. The van der Waals surface area contributed by atoms with Gasteiger partial charge in [0, 0.05) is 6.20 Å². The molecule has 76 valence electrons. The Labute approximate surface area is 77.5 Å². The monoisotopic (exact) mass is 205 g/mol. The van der Waals surface area contributed by atoms with Crippen molar-refractivity contribution in [3.05, 3.63) is 23.5 Å². The summed E-state index contributed by atoms with van der Waals surface area (Å²) < 4.78 is 39.3. The van der Waals surface area contributed by atoms with Crippen LogP contribution >= 0.6 is 0 Å². The summed E-state index contributed by atoms with van der Waals surface area (Å²) in [5, 5.41) is 0. The fraction of sp³-hybridized carbons (Fsp3) is 0.250. The summed E-state index contributed by atoms with van der Waals surface area (Å²) in [5.74, 6) is -0.546. The van der Waals surface area contributed by atoms with Crippen LogP contribution in [-0.2, 0) is 0 Å². The molecule has 0 spiro atoms. The molecule has 1 heterocycles. The fourth-order valence-electron chi connectivity index (χ4n) is 0.914. The molecule has 0 saturated carbocycles. The van der Waals surface area contributed by atoms with E-state index < -0.39 is 12.1 Å². The molecular weight excluding hydrogens is 199 g/mol. The molecule has 0 radical (unpaired) electrons. The topological polar surface area (TPSA) is 39.2 Å². The van der Waals surface area contributed by atoms with Gasteiger partial charge in [-0.2, -0.15) is 0 Å². The standard InChI is InChI=1S/C8H6F3NO2/c1-5-7(14-8(9,10)11)6(4-13)2-3-12-5/h2-4H,1H3. The highest BCUT2D eigenvalue weighted by Gasteiger charge is 2.33. The molecule has 0 bridgehead atoms. The van der Waals surface area contributed by atoms with Crippen molar-refractivity contribution in [2.45, 2.75) is 13.3 Å². The van der Waals surface area contributed by atoms with Crippen molar-refractivity contribution in [2.75, 3.05) is 0 Å². The number of aryl methyl sites for hydroxylation is 1. The summed E-state index contributed by atoms with van der Waals surface area (Å²) in [4.78, 5) is 14.0. The van der Waals surface area contributed by atoms with Gasteiger partial charge in [0.05, 0.1) is 11.3 Å². The highest BCUT2D eigenvalue weighted by Crippen LogP contribution is 2.27. The molecule has 0 aliphatic rings. The van der Waals surface area contributed by atoms with Crippen LogP contribution in [0.2, 0.25) is 0 Å². The fourth-order valence-corrected chi connectivity index (χ4v) is 0.914. The summed E-state index contributed by atoms with van der Waals surface area (Å²) >= 11 is 0. The number of halogens is 3. The second kappa shape index (κ2) is 3.65. The van der Waals surface area contributed by atoms with E-state index in [1.54, 1.807) is 0 Å². The molecule has 14 heavy (non-hydrogen) atoms. The van der Waals surface area contributed by atoms with E-state index >= 15 is 0 Å². The number of carbonyl (C=O) groups is 1. The van der Waals surface area contributed by atoms with Crippen LogP contribution in [0.3, 0.4) is 0 Å². The first-order chi connectivity index (χ1) is 6.44. The Balaban J connectivity index is 3.11. The predicted octanol–water partition coefficient (Wildman–Crippen LogP) is 2.10. The Morgan fingerprint density at radius 2 is 2.14 bits per heavy atom. The summed E-state index contributed by atoms with van der Waals surface area (Å²) in [6.45, 7) is 1.33. The van der Waals surface area contributed by atoms with E-state index in [1.165, 1.54) is 13.1 Å². The Morgan fingerprint density at radius 1 is 1.50 bits per heavy atom. The molecule has 0 aliphatic carbocycles. The first-order valence-corrected chi connectivity index (χ1v) is 3.60. The van der Waals surface area contributed by atoms with Crippen LogP contribution < -0.4 is 4.74 Å². The molecule has 0 aromatic carbocycles. The molecule has 0 amide bonds. The van der Waals surface area contributed by atoms with Gasteiger partial charge < -0.3 is 4.74 Å². The van der Waals surface area contributed by atoms with Crippen molar-refractivity contribution < 1.29 is 22.7 Å². The third-order valence-corrected chi connectivity index (χ3v) is 1.46. The third kappa shape index (κ3) is 2.45. The molecule has 1 rings (SSSR count). The van der Waals surface area contributed by atoms with E-state index in [0.717, 1.165) is 6.07 Å².